The average Bonchev–Trinajstić information content (AvgIpc) is 2.41. The predicted octanol–water partition coefficient (Wildman–Crippen LogP) is 2.58. The minimum atomic E-state index is -4.76. The molecule has 118 valence electrons. The van der Waals surface area contributed by atoms with Gasteiger partial charge >= 0.3 is 6.36 Å². The van der Waals surface area contributed by atoms with Crippen LogP contribution in [0.15, 0.2) is 24.3 Å². The van der Waals surface area contributed by atoms with E-state index in [1.807, 2.05) is 6.92 Å². The first-order chi connectivity index (χ1) is 9.87. The number of amides is 1. The number of benzene rings is 1. The zero-order chi connectivity index (χ0) is 15.9. The molecule has 21 heavy (non-hydrogen) atoms. The zero-order valence-corrected chi connectivity index (χ0v) is 11.7. The first-order valence-electron chi connectivity index (χ1n) is 6.68. The molecule has 3 N–H and O–H groups in total. The van der Waals surface area contributed by atoms with Gasteiger partial charge in [0.15, 0.2) is 0 Å². The van der Waals surface area contributed by atoms with E-state index in [0.29, 0.717) is 6.42 Å². The number of hydrogen-bond donors (Lipinski definition) is 2. The summed E-state index contributed by atoms with van der Waals surface area (Å²) in [6.07, 6.45) is -3.31. The number of rotatable bonds is 7. The van der Waals surface area contributed by atoms with Crippen LogP contribution in [0.5, 0.6) is 5.75 Å². The summed E-state index contributed by atoms with van der Waals surface area (Å²) in [4.78, 5) is 11.9. The van der Waals surface area contributed by atoms with Crippen LogP contribution in [0, 0.1) is 5.92 Å². The summed E-state index contributed by atoms with van der Waals surface area (Å²) < 4.78 is 40.8. The second-order valence-electron chi connectivity index (χ2n) is 4.59. The van der Waals surface area contributed by atoms with Crippen molar-refractivity contribution in [2.24, 2.45) is 11.7 Å². The summed E-state index contributed by atoms with van der Waals surface area (Å²) in [6, 6.07) is 5.70. The third-order valence-corrected chi connectivity index (χ3v) is 2.94. The van der Waals surface area contributed by atoms with Gasteiger partial charge in [0.25, 0.3) is 0 Å². The molecule has 0 aliphatic heterocycles. The van der Waals surface area contributed by atoms with Crippen LogP contribution in [-0.2, 0) is 11.3 Å². The van der Waals surface area contributed by atoms with Gasteiger partial charge in [0, 0.05) is 18.7 Å². The summed E-state index contributed by atoms with van der Waals surface area (Å²) in [7, 11) is 0. The fourth-order valence-electron chi connectivity index (χ4n) is 1.91. The number of halogens is 3. The standard InChI is InChI=1S/C14H19F3N2O2/c1-2-5-10(8-18)13(20)19-9-11-6-3-4-7-12(11)21-14(15,16)17/h3-4,6-7,10H,2,5,8-9,18H2,1H3,(H,19,20). The highest BCUT2D eigenvalue weighted by Gasteiger charge is 2.32. The van der Waals surface area contributed by atoms with E-state index in [0.717, 1.165) is 6.42 Å². The van der Waals surface area contributed by atoms with Crippen molar-refractivity contribution in [3.8, 4) is 5.75 Å². The lowest BCUT2D eigenvalue weighted by Gasteiger charge is -2.16. The smallest absolute Gasteiger partial charge is 0.405 e. The Balaban J connectivity index is 2.69. The van der Waals surface area contributed by atoms with Gasteiger partial charge in [-0.2, -0.15) is 0 Å². The Kier molecular flexibility index (Phi) is 6.48. The first-order valence-corrected chi connectivity index (χ1v) is 6.68. The molecule has 0 aliphatic carbocycles. The van der Waals surface area contributed by atoms with E-state index in [-0.39, 0.29) is 36.2 Å². The number of hydrogen-bond acceptors (Lipinski definition) is 3. The summed E-state index contributed by atoms with van der Waals surface area (Å²) in [5.74, 6) is -0.906. The summed E-state index contributed by atoms with van der Waals surface area (Å²) >= 11 is 0. The second-order valence-corrected chi connectivity index (χ2v) is 4.59. The van der Waals surface area contributed by atoms with Gasteiger partial charge in [-0.3, -0.25) is 4.79 Å². The molecule has 0 aliphatic rings. The molecule has 0 bridgehead atoms. The van der Waals surface area contributed by atoms with Gasteiger partial charge in [0.2, 0.25) is 5.91 Å². The number of nitrogens with two attached hydrogens (primary N) is 1. The zero-order valence-electron chi connectivity index (χ0n) is 11.7. The van der Waals surface area contributed by atoms with E-state index in [1.54, 1.807) is 6.07 Å². The minimum Gasteiger partial charge on any atom is -0.405 e. The minimum absolute atomic E-state index is 0.0364. The fourth-order valence-corrected chi connectivity index (χ4v) is 1.91. The Labute approximate surface area is 121 Å². The van der Waals surface area contributed by atoms with Crippen molar-refractivity contribution in [3.63, 3.8) is 0 Å². The number of para-hydroxylation sites is 1. The van der Waals surface area contributed by atoms with Crippen LogP contribution in [0.2, 0.25) is 0 Å². The van der Waals surface area contributed by atoms with Crippen LogP contribution in [0.3, 0.4) is 0 Å². The molecule has 4 nitrogen and oxygen atoms in total. The van der Waals surface area contributed by atoms with Crippen LogP contribution >= 0.6 is 0 Å². The Morgan fingerprint density at radius 3 is 2.62 bits per heavy atom. The molecule has 0 aromatic heterocycles. The molecule has 0 spiro atoms. The van der Waals surface area contributed by atoms with Crippen molar-refractivity contribution in [1.29, 1.82) is 0 Å². The average molecular weight is 304 g/mol. The molecule has 1 aromatic carbocycles. The Morgan fingerprint density at radius 2 is 2.05 bits per heavy atom. The molecular weight excluding hydrogens is 285 g/mol. The SMILES string of the molecule is CCCC(CN)C(=O)NCc1ccccc1OC(F)(F)F. The van der Waals surface area contributed by atoms with Gasteiger partial charge in [-0.25, -0.2) is 0 Å². The van der Waals surface area contributed by atoms with Crippen molar-refractivity contribution < 1.29 is 22.7 Å². The number of carbonyl (C=O) groups excluding carboxylic acids is 1. The van der Waals surface area contributed by atoms with E-state index >= 15 is 0 Å². The van der Waals surface area contributed by atoms with Crippen molar-refractivity contribution in [1.82, 2.24) is 5.32 Å². The first kappa shape index (κ1) is 17.3. The van der Waals surface area contributed by atoms with E-state index in [9.17, 15) is 18.0 Å². The highest BCUT2D eigenvalue weighted by Crippen LogP contribution is 2.26. The molecule has 0 heterocycles. The monoisotopic (exact) mass is 304 g/mol. The molecule has 7 heteroatoms. The number of ether oxygens (including phenoxy) is 1. The van der Waals surface area contributed by atoms with E-state index in [1.165, 1.54) is 18.2 Å². The van der Waals surface area contributed by atoms with Gasteiger partial charge in [0.1, 0.15) is 5.75 Å². The number of alkyl halides is 3. The van der Waals surface area contributed by atoms with Gasteiger partial charge in [-0.05, 0) is 12.5 Å². The van der Waals surface area contributed by atoms with Gasteiger partial charge in [-0.1, -0.05) is 31.5 Å². The molecule has 1 unspecified atom stereocenters. The second kappa shape index (κ2) is 7.87. The normalized spacial score (nSPS) is 12.8. The van der Waals surface area contributed by atoms with Crippen LogP contribution < -0.4 is 15.8 Å². The van der Waals surface area contributed by atoms with E-state index in [4.69, 9.17) is 5.73 Å². The molecule has 1 amide bonds. The Bertz CT molecular complexity index is 464. The lowest BCUT2D eigenvalue weighted by Crippen LogP contribution is -2.34. The largest absolute Gasteiger partial charge is 0.573 e. The fraction of sp³-hybridized carbons (Fsp3) is 0.500. The van der Waals surface area contributed by atoms with Crippen molar-refractivity contribution >= 4 is 5.91 Å². The van der Waals surface area contributed by atoms with Gasteiger partial charge < -0.3 is 15.8 Å². The van der Waals surface area contributed by atoms with Crippen LogP contribution in [0.25, 0.3) is 0 Å². The van der Waals surface area contributed by atoms with E-state index < -0.39 is 6.36 Å². The van der Waals surface area contributed by atoms with Crippen LogP contribution in [0.1, 0.15) is 25.3 Å². The third kappa shape index (κ3) is 6.03. The van der Waals surface area contributed by atoms with Crippen molar-refractivity contribution in [3.05, 3.63) is 29.8 Å². The summed E-state index contributed by atoms with van der Waals surface area (Å²) in [5.41, 5.74) is 5.77. The molecule has 1 rings (SSSR count). The van der Waals surface area contributed by atoms with Crippen molar-refractivity contribution in [2.45, 2.75) is 32.7 Å². The number of carbonyl (C=O) groups is 1. The van der Waals surface area contributed by atoms with Crippen LogP contribution in [0.4, 0.5) is 13.2 Å². The highest BCUT2D eigenvalue weighted by atomic mass is 19.4. The third-order valence-electron chi connectivity index (χ3n) is 2.94. The maximum Gasteiger partial charge on any atom is 0.573 e. The lowest BCUT2D eigenvalue weighted by molar-refractivity contribution is -0.274. The quantitative estimate of drug-likeness (QED) is 0.814. The molecular formula is C14H19F3N2O2. The maximum absolute atomic E-state index is 12.3. The van der Waals surface area contributed by atoms with Gasteiger partial charge in [-0.15, -0.1) is 13.2 Å². The predicted molar refractivity (Wildman–Crippen MR) is 72.4 cm³/mol. The molecule has 0 saturated heterocycles. The summed E-state index contributed by atoms with van der Waals surface area (Å²) in [6.45, 7) is 2.11. The highest BCUT2D eigenvalue weighted by molar-refractivity contribution is 5.78. The lowest BCUT2D eigenvalue weighted by atomic mass is 10.0. The van der Waals surface area contributed by atoms with Crippen molar-refractivity contribution in [2.75, 3.05) is 6.54 Å². The number of nitrogens with one attached hydrogen (secondary N) is 1. The van der Waals surface area contributed by atoms with Crippen LogP contribution in [-0.4, -0.2) is 18.8 Å². The Hall–Kier alpha value is -1.76. The topological polar surface area (TPSA) is 64.4 Å². The van der Waals surface area contributed by atoms with Gasteiger partial charge in [0.05, 0.1) is 5.92 Å². The molecule has 1 aromatic rings. The molecule has 0 radical (unpaired) electrons. The molecule has 0 fully saturated rings. The molecule has 1 atom stereocenters. The maximum atomic E-state index is 12.3. The van der Waals surface area contributed by atoms with E-state index in [2.05, 4.69) is 10.1 Å². The summed E-state index contributed by atoms with van der Waals surface area (Å²) in [5, 5.41) is 2.59. The Morgan fingerprint density at radius 1 is 1.38 bits per heavy atom. The molecule has 0 saturated carbocycles.